The van der Waals surface area contributed by atoms with E-state index < -0.39 is 0 Å². The zero-order valence-electron chi connectivity index (χ0n) is 9.84. The van der Waals surface area contributed by atoms with Crippen LogP contribution in [0.15, 0.2) is 53.3 Å². The van der Waals surface area contributed by atoms with Gasteiger partial charge in [-0.2, -0.15) is 0 Å². The fourth-order valence-electron chi connectivity index (χ4n) is 1.85. The molecule has 18 heavy (non-hydrogen) atoms. The molecule has 0 aliphatic carbocycles. The molecule has 4 nitrogen and oxygen atoms in total. The largest absolute Gasteiger partial charge is 0.364 e. The van der Waals surface area contributed by atoms with Crippen molar-refractivity contribution in [2.45, 2.75) is 13.1 Å². The Morgan fingerprint density at radius 3 is 2.72 bits per heavy atom. The SMILES string of the molecule is c1ccc2nc(CNCc3ccon3)ccc2c1. The Kier molecular flexibility index (Phi) is 3.02. The van der Waals surface area contributed by atoms with Crippen LogP contribution in [-0.2, 0) is 13.1 Å². The van der Waals surface area contributed by atoms with Gasteiger partial charge in [-0.1, -0.05) is 29.4 Å². The summed E-state index contributed by atoms with van der Waals surface area (Å²) in [5, 5.41) is 8.29. The Bertz CT molecular complexity index is 634. The lowest BCUT2D eigenvalue weighted by atomic mass is 10.2. The normalized spacial score (nSPS) is 10.9. The van der Waals surface area contributed by atoms with E-state index in [0.717, 1.165) is 28.8 Å². The molecule has 0 bridgehead atoms. The van der Waals surface area contributed by atoms with E-state index in [1.807, 2.05) is 30.3 Å². The lowest BCUT2D eigenvalue weighted by Crippen LogP contribution is -2.13. The second-order valence-electron chi connectivity index (χ2n) is 4.09. The molecule has 4 heteroatoms. The molecule has 0 saturated heterocycles. The Hall–Kier alpha value is -2.20. The minimum Gasteiger partial charge on any atom is -0.364 e. The smallest absolute Gasteiger partial charge is 0.124 e. The molecule has 0 aliphatic heterocycles. The van der Waals surface area contributed by atoms with Crippen molar-refractivity contribution >= 4 is 10.9 Å². The monoisotopic (exact) mass is 239 g/mol. The van der Waals surface area contributed by atoms with Gasteiger partial charge in [0.15, 0.2) is 0 Å². The number of rotatable bonds is 4. The highest BCUT2D eigenvalue weighted by molar-refractivity contribution is 5.78. The first-order valence-electron chi connectivity index (χ1n) is 5.86. The van der Waals surface area contributed by atoms with Crippen molar-refractivity contribution < 1.29 is 4.52 Å². The standard InChI is InChI=1S/C14H13N3O/c1-2-4-14-11(3-1)5-6-12(16-14)9-15-10-13-7-8-18-17-13/h1-8,15H,9-10H2. The van der Waals surface area contributed by atoms with Gasteiger partial charge < -0.3 is 9.84 Å². The van der Waals surface area contributed by atoms with Crippen molar-refractivity contribution in [3.05, 3.63) is 60.1 Å². The third-order valence-electron chi connectivity index (χ3n) is 2.76. The molecule has 0 atom stereocenters. The highest BCUT2D eigenvalue weighted by Crippen LogP contribution is 2.11. The van der Waals surface area contributed by atoms with Crippen molar-refractivity contribution in [2.75, 3.05) is 0 Å². The van der Waals surface area contributed by atoms with Gasteiger partial charge in [-0.3, -0.25) is 4.98 Å². The maximum atomic E-state index is 4.77. The zero-order chi connectivity index (χ0) is 12.2. The van der Waals surface area contributed by atoms with Gasteiger partial charge in [0.1, 0.15) is 6.26 Å². The summed E-state index contributed by atoms with van der Waals surface area (Å²) in [6.45, 7) is 1.41. The van der Waals surface area contributed by atoms with Gasteiger partial charge in [0.25, 0.3) is 0 Å². The molecule has 2 heterocycles. The molecule has 0 saturated carbocycles. The summed E-state index contributed by atoms with van der Waals surface area (Å²) in [7, 11) is 0. The van der Waals surface area contributed by atoms with E-state index in [0.29, 0.717) is 6.54 Å². The Balaban J connectivity index is 1.67. The first-order valence-corrected chi connectivity index (χ1v) is 5.86. The molecule has 1 N–H and O–H groups in total. The lowest BCUT2D eigenvalue weighted by Gasteiger charge is -2.03. The topological polar surface area (TPSA) is 51.0 Å². The molecule has 0 unspecified atom stereocenters. The molecule has 0 spiro atoms. The van der Waals surface area contributed by atoms with Crippen LogP contribution in [0.3, 0.4) is 0 Å². The fourth-order valence-corrected chi connectivity index (χ4v) is 1.85. The zero-order valence-corrected chi connectivity index (χ0v) is 9.84. The van der Waals surface area contributed by atoms with Gasteiger partial charge in [-0.05, 0) is 12.1 Å². The number of hydrogen-bond donors (Lipinski definition) is 1. The fraction of sp³-hybridized carbons (Fsp3) is 0.143. The Morgan fingerprint density at radius 2 is 1.83 bits per heavy atom. The number of benzene rings is 1. The molecule has 90 valence electrons. The minimum atomic E-state index is 0.686. The predicted molar refractivity (Wildman–Crippen MR) is 68.8 cm³/mol. The second kappa shape index (κ2) is 4.98. The number of nitrogens with one attached hydrogen (secondary N) is 1. The molecule has 3 aromatic rings. The van der Waals surface area contributed by atoms with Crippen LogP contribution in [-0.4, -0.2) is 10.1 Å². The quantitative estimate of drug-likeness (QED) is 0.760. The van der Waals surface area contributed by atoms with E-state index in [1.54, 1.807) is 6.26 Å². The van der Waals surface area contributed by atoms with E-state index in [4.69, 9.17) is 4.52 Å². The van der Waals surface area contributed by atoms with Crippen molar-refractivity contribution in [1.29, 1.82) is 0 Å². The van der Waals surface area contributed by atoms with Crippen LogP contribution in [0.4, 0.5) is 0 Å². The molecular formula is C14H13N3O. The van der Waals surface area contributed by atoms with Gasteiger partial charge in [-0.25, -0.2) is 0 Å². The number of para-hydroxylation sites is 1. The molecule has 0 fully saturated rings. The van der Waals surface area contributed by atoms with Crippen molar-refractivity contribution in [1.82, 2.24) is 15.5 Å². The average Bonchev–Trinajstić information content (AvgIpc) is 2.92. The van der Waals surface area contributed by atoms with Gasteiger partial charge in [-0.15, -0.1) is 0 Å². The van der Waals surface area contributed by atoms with E-state index in [-0.39, 0.29) is 0 Å². The van der Waals surface area contributed by atoms with Crippen LogP contribution in [0, 0.1) is 0 Å². The highest BCUT2D eigenvalue weighted by atomic mass is 16.5. The Labute approximate surface area is 105 Å². The average molecular weight is 239 g/mol. The minimum absolute atomic E-state index is 0.686. The van der Waals surface area contributed by atoms with Gasteiger partial charge in [0.2, 0.25) is 0 Å². The molecule has 0 amide bonds. The molecular weight excluding hydrogens is 226 g/mol. The summed E-state index contributed by atoms with van der Waals surface area (Å²) in [4.78, 5) is 4.59. The van der Waals surface area contributed by atoms with Crippen LogP contribution in [0.5, 0.6) is 0 Å². The summed E-state index contributed by atoms with van der Waals surface area (Å²) in [6.07, 6.45) is 1.57. The predicted octanol–water partition coefficient (Wildman–Crippen LogP) is 2.51. The third-order valence-corrected chi connectivity index (χ3v) is 2.76. The van der Waals surface area contributed by atoms with Crippen LogP contribution in [0.25, 0.3) is 10.9 Å². The third kappa shape index (κ3) is 2.38. The number of aromatic nitrogens is 2. The maximum absolute atomic E-state index is 4.77. The highest BCUT2D eigenvalue weighted by Gasteiger charge is 1.99. The van der Waals surface area contributed by atoms with E-state index in [9.17, 15) is 0 Å². The number of pyridine rings is 1. The van der Waals surface area contributed by atoms with Crippen molar-refractivity contribution in [3.8, 4) is 0 Å². The summed E-state index contributed by atoms with van der Waals surface area (Å²) in [5.74, 6) is 0. The number of fused-ring (bicyclic) bond motifs is 1. The summed E-state index contributed by atoms with van der Waals surface area (Å²) in [6, 6.07) is 14.1. The van der Waals surface area contributed by atoms with Crippen LogP contribution in [0.1, 0.15) is 11.4 Å². The second-order valence-corrected chi connectivity index (χ2v) is 4.09. The van der Waals surface area contributed by atoms with Crippen LogP contribution in [0.2, 0.25) is 0 Å². The molecule has 3 rings (SSSR count). The van der Waals surface area contributed by atoms with E-state index >= 15 is 0 Å². The first-order chi connectivity index (χ1) is 8.92. The van der Waals surface area contributed by atoms with Crippen molar-refractivity contribution in [2.24, 2.45) is 0 Å². The van der Waals surface area contributed by atoms with Crippen LogP contribution >= 0.6 is 0 Å². The lowest BCUT2D eigenvalue weighted by molar-refractivity contribution is 0.408. The first kappa shape index (κ1) is 10.9. The molecule has 0 radical (unpaired) electrons. The summed E-state index contributed by atoms with van der Waals surface area (Å²) < 4.78 is 4.77. The maximum Gasteiger partial charge on any atom is 0.124 e. The number of hydrogen-bond acceptors (Lipinski definition) is 4. The Morgan fingerprint density at radius 1 is 0.944 bits per heavy atom. The molecule has 2 aromatic heterocycles. The number of nitrogens with zero attached hydrogens (tertiary/aromatic N) is 2. The molecule has 0 aliphatic rings. The van der Waals surface area contributed by atoms with E-state index in [1.165, 1.54) is 0 Å². The van der Waals surface area contributed by atoms with Crippen LogP contribution < -0.4 is 5.32 Å². The molecule has 1 aromatic carbocycles. The summed E-state index contributed by atoms with van der Waals surface area (Å²) in [5.41, 5.74) is 2.95. The van der Waals surface area contributed by atoms with Gasteiger partial charge in [0, 0.05) is 24.5 Å². The summed E-state index contributed by atoms with van der Waals surface area (Å²) >= 11 is 0. The van der Waals surface area contributed by atoms with Gasteiger partial charge in [0.05, 0.1) is 16.9 Å². The van der Waals surface area contributed by atoms with Gasteiger partial charge >= 0.3 is 0 Å². The van der Waals surface area contributed by atoms with E-state index in [2.05, 4.69) is 27.6 Å². The van der Waals surface area contributed by atoms with Crippen molar-refractivity contribution in [3.63, 3.8) is 0 Å².